The fourth-order valence-electron chi connectivity index (χ4n) is 3.70. The lowest BCUT2D eigenvalue weighted by atomic mass is 10.2. The second kappa shape index (κ2) is 7.04. The van der Waals surface area contributed by atoms with Gasteiger partial charge in [0.05, 0.1) is 22.4 Å². The van der Waals surface area contributed by atoms with Crippen LogP contribution in [0, 0.1) is 12.8 Å². The average molecular weight is 425 g/mol. The molecule has 2 fully saturated rings. The third-order valence-corrected chi connectivity index (χ3v) is 7.78. The number of sulfone groups is 1. The van der Waals surface area contributed by atoms with E-state index < -0.39 is 27.1 Å². The van der Waals surface area contributed by atoms with E-state index in [2.05, 4.69) is 10.1 Å². The zero-order valence-corrected chi connectivity index (χ0v) is 16.9. The van der Waals surface area contributed by atoms with Gasteiger partial charge in [-0.2, -0.15) is 5.10 Å². The van der Waals surface area contributed by atoms with Crippen molar-refractivity contribution in [2.45, 2.75) is 37.5 Å². The van der Waals surface area contributed by atoms with Crippen molar-refractivity contribution >= 4 is 33.2 Å². The Bertz CT molecular complexity index is 1020. The minimum Gasteiger partial charge on any atom is -0.480 e. The smallest absolute Gasteiger partial charge is 0.326 e. The van der Waals surface area contributed by atoms with Gasteiger partial charge in [-0.15, -0.1) is 0 Å². The van der Waals surface area contributed by atoms with Crippen molar-refractivity contribution < 1.29 is 18.3 Å². The normalized spacial score (nSPS) is 22.6. The predicted molar refractivity (Wildman–Crippen MR) is 105 cm³/mol. The number of aliphatic carboxylic acids is 1. The van der Waals surface area contributed by atoms with Crippen molar-refractivity contribution in [3.8, 4) is 5.69 Å². The first-order valence-corrected chi connectivity index (χ1v) is 11.2. The second-order valence-corrected chi connectivity index (χ2v) is 10.2. The average Bonchev–Trinajstić information content (AvgIpc) is 3.16. The molecule has 0 radical (unpaired) electrons. The molecule has 10 heteroatoms. The number of pyridine rings is 1. The lowest BCUT2D eigenvalue weighted by Gasteiger charge is -2.24. The number of carboxylic acid groups (broad SMARTS) is 1. The number of rotatable bonds is 6. The first-order valence-electron chi connectivity index (χ1n) is 9.14. The standard InChI is InChI=1S/C18H21ClN4O4S/c1-11-6-17(23(21-11)13-4-5-20-16(19)7-13)22-9-14(8-15(22)18(24)25)28(26,27)10-12-2-3-12/h4-7,12,14-15H,2-3,8-10H2,1H3,(H,24,25). The molecular formula is C18H21ClN4O4S. The number of carbonyl (C=O) groups is 1. The fourth-order valence-corrected chi connectivity index (χ4v) is 5.99. The summed E-state index contributed by atoms with van der Waals surface area (Å²) in [6, 6.07) is 4.19. The van der Waals surface area contributed by atoms with Crippen LogP contribution in [0.15, 0.2) is 24.4 Å². The van der Waals surface area contributed by atoms with Gasteiger partial charge < -0.3 is 10.0 Å². The summed E-state index contributed by atoms with van der Waals surface area (Å²) in [6.45, 7) is 1.94. The van der Waals surface area contributed by atoms with E-state index in [1.54, 1.807) is 40.9 Å². The molecule has 0 bridgehead atoms. The first-order chi connectivity index (χ1) is 13.2. The molecule has 1 aliphatic carbocycles. The van der Waals surface area contributed by atoms with Crippen molar-refractivity contribution in [1.82, 2.24) is 14.8 Å². The second-order valence-electron chi connectivity index (χ2n) is 7.53. The van der Waals surface area contributed by atoms with E-state index in [9.17, 15) is 18.3 Å². The van der Waals surface area contributed by atoms with Crippen LogP contribution in [-0.4, -0.2) is 57.8 Å². The first kappa shape index (κ1) is 19.2. The Labute approximate surface area is 168 Å². The van der Waals surface area contributed by atoms with Gasteiger partial charge in [0.1, 0.15) is 17.0 Å². The van der Waals surface area contributed by atoms with E-state index >= 15 is 0 Å². The van der Waals surface area contributed by atoms with Crippen molar-refractivity contribution in [1.29, 1.82) is 0 Å². The largest absolute Gasteiger partial charge is 0.480 e. The molecule has 1 saturated heterocycles. The Morgan fingerprint density at radius 1 is 1.36 bits per heavy atom. The summed E-state index contributed by atoms with van der Waals surface area (Å²) >= 11 is 5.99. The number of hydrogen-bond acceptors (Lipinski definition) is 6. The summed E-state index contributed by atoms with van der Waals surface area (Å²) in [6.07, 6.45) is 3.49. The Morgan fingerprint density at radius 3 is 2.75 bits per heavy atom. The van der Waals surface area contributed by atoms with Crippen LogP contribution in [0.1, 0.15) is 25.0 Å². The van der Waals surface area contributed by atoms with Gasteiger partial charge in [0.2, 0.25) is 0 Å². The molecular weight excluding hydrogens is 404 g/mol. The summed E-state index contributed by atoms with van der Waals surface area (Å²) in [4.78, 5) is 17.5. The van der Waals surface area contributed by atoms with E-state index in [0.29, 0.717) is 17.2 Å². The van der Waals surface area contributed by atoms with E-state index in [4.69, 9.17) is 11.6 Å². The van der Waals surface area contributed by atoms with E-state index in [1.807, 2.05) is 0 Å². The lowest BCUT2D eigenvalue weighted by molar-refractivity contribution is -0.138. The highest BCUT2D eigenvalue weighted by molar-refractivity contribution is 7.92. The number of hydrogen-bond donors (Lipinski definition) is 1. The van der Waals surface area contributed by atoms with Crippen LogP contribution in [0.25, 0.3) is 5.69 Å². The minimum absolute atomic E-state index is 0.0751. The summed E-state index contributed by atoms with van der Waals surface area (Å²) in [5, 5.41) is 13.8. The van der Waals surface area contributed by atoms with Crippen molar-refractivity contribution in [3.05, 3.63) is 35.2 Å². The Morgan fingerprint density at radius 2 is 2.11 bits per heavy atom. The topological polar surface area (TPSA) is 105 Å². The minimum atomic E-state index is -3.35. The molecule has 28 heavy (non-hydrogen) atoms. The van der Waals surface area contributed by atoms with Crippen molar-refractivity contribution in [2.75, 3.05) is 17.2 Å². The predicted octanol–water partition coefficient (Wildman–Crippen LogP) is 2.09. The molecule has 0 amide bonds. The third kappa shape index (κ3) is 3.73. The number of halogens is 1. The number of aryl methyl sites for hydroxylation is 1. The maximum Gasteiger partial charge on any atom is 0.326 e. The molecule has 1 aliphatic heterocycles. The summed E-state index contributed by atoms with van der Waals surface area (Å²) in [7, 11) is -3.35. The van der Waals surface area contributed by atoms with Crippen molar-refractivity contribution in [2.24, 2.45) is 5.92 Å². The SMILES string of the molecule is Cc1cc(N2CC(S(=O)(=O)CC3CC3)CC2C(=O)O)n(-c2ccnc(Cl)c2)n1. The Hall–Kier alpha value is -2.13. The van der Waals surface area contributed by atoms with Gasteiger partial charge in [-0.05, 0) is 38.2 Å². The molecule has 1 saturated carbocycles. The Kier molecular flexibility index (Phi) is 4.83. The Balaban J connectivity index is 1.70. The lowest BCUT2D eigenvalue weighted by Crippen LogP contribution is -2.37. The van der Waals surface area contributed by atoms with Gasteiger partial charge in [-0.25, -0.2) is 22.9 Å². The van der Waals surface area contributed by atoms with Crippen LogP contribution < -0.4 is 4.90 Å². The molecule has 2 aromatic rings. The number of nitrogens with zero attached hydrogens (tertiary/aromatic N) is 4. The fraction of sp³-hybridized carbons (Fsp3) is 0.500. The van der Waals surface area contributed by atoms with E-state index in [-0.39, 0.29) is 29.8 Å². The molecule has 2 aromatic heterocycles. The van der Waals surface area contributed by atoms with Gasteiger partial charge in [0.25, 0.3) is 0 Å². The molecule has 8 nitrogen and oxygen atoms in total. The number of anilines is 1. The molecule has 0 aromatic carbocycles. The molecule has 1 N–H and O–H groups in total. The third-order valence-electron chi connectivity index (χ3n) is 5.28. The number of aromatic nitrogens is 3. The van der Waals surface area contributed by atoms with E-state index in [0.717, 1.165) is 12.8 Å². The highest BCUT2D eigenvalue weighted by atomic mass is 35.5. The van der Waals surface area contributed by atoms with E-state index in [1.165, 1.54) is 0 Å². The molecule has 4 rings (SSSR count). The quantitative estimate of drug-likeness (QED) is 0.707. The van der Waals surface area contributed by atoms with Crippen LogP contribution in [0.4, 0.5) is 5.82 Å². The van der Waals surface area contributed by atoms with Crippen LogP contribution in [0.3, 0.4) is 0 Å². The molecule has 2 unspecified atom stereocenters. The van der Waals surface area contributed by atoms with Gasteiger partial charge in [0.15, 0.2) is 9.84 Å². The summed E-state index contributed by atoms with van der Waals surface area (Å²) in [5.41, 5.74) is 1.33. The number of carboxylic acids is 1. The van der Waals surface area contributed by atoms with Gasteiger partial charge in [-0.1, -0.05) is 11.6 Å². The molecule has 2 atom stereocenters. The maximum atomic E-state index is 12.8. The van der Waals surface area contributed by atoms with Gasteiger partial charge >= 0.3 is 5.97 Å². The van der Waals surface area contributed by atoms with Crippen LogP contribution in [-0.2, 0) is 14.6 Å². The van der Waals surface area contributed by atoms with Crippen LogP contribution >= 0.6 is 11.6 Å². The van der Waals surface area contributed by atoms with Gasteiger partial charge in [0, 0.05) is 24.9 Å². The maximum absolute atomic E-state index is 12.8. The molecule has 3 heterocycles. The van der Waals surface area contributed by atoms with Crippen LogP contribution in [0.2, 0.25) is 5.15 Å². The van der Waals surface area contributed by atoms with Gasteiger partial charge in [-0.3, -0.25) is 0 Å². The zero-order valence-electron chi connectivity index (χ0n) is 15.3. The molecule has 0 spiro atoms. The zero-order chi connectivity index (χ0) is 20.1. The molecule has 150 valence electrons. The summed E-state index contributed by atoms with van der Waals surface area (Å²) < 4.78 is 27.1. The highest BCUT2D eigenvalue weighted by Gasteiger charge is 2.45. The highest BCUT2D eigenvalue weighted by Crippen LogP contribution is 2.36. The van der Waals surface area contributed by atoms with Crippen LogP contribution in [0.5, 0.6) is 0 Å². The summed E-state index contributed by atoms with van der Waals surface area (Å²) in [5.74, 6) is -0.122. The molecule has 2 aliphatic rings. The van der Waals surface area contributed by atoms with Crippen molar-refractivity contribution in [3.63, 3.8) is 0 Å². The monoisotopic (exact) mass is 424 g/mol.